The van der Waals surface area contributed by atoms with Crippen LogP contribution in [-0.4, -0.2) is 50.5 Å². The Morgan fingerprint density at radius 1 is 1.00 bits per heavy atom. The lowest BCUT2D eigenvalue weighted by atomic mass is 10.1. The number of aryl methyl sites for hydroxylation is 1. The summed E-state index contributed by atoms with van der Waals surface area (Å²) in [7, 11) is -3.77. The molecule has 174 valence electrons. The second-order valence-corrected chi connectivity index (χ2v) is 9.42. The number of benzene rings is 2. The van der Waals surface area contributed by atoms with Gasteiger partial charge in [-0.25, -0.2) is 12.8 Å². The number of likely N-dealkylation sites (N-methyl/N-ethyl adjacent to an activating group) is 1. The van der Waals surface area contributed by atoms with Crippen LogP contribution in [0.3, 0.4) is 0 Å². The Morgan fingerprint density at radius 3 is 2.06 bits per heavy atom. The van der Waals surface area contributed by atoms with E-state index in [9.17, 15) is 22.4 Å². The van der Waals surface area contributed by atoms with Gasteiger partial charge in [-0.05, 0) is 55.7 Å². The predicted octanol–water partition coefficient (Wildman–Crippen LogP) is 2.71. The molecule has 0 aliphatic carbocycles. The van der Waals surface area contributed by atoms with Gasteiger partial charge in [-0.1, -0.05) is 31.2 Å². The third-order valence-electron chi connectivity index (χ3n) is 5.10. The van der Waals surface area contributed by atoms with Crippen molar-refractivity contribution in [1.82, 2.24) is 10.2 Å². The smallest absolute Gasteiger partial charge is 0.244 e. The van der Waals surface area contributed by atoms with Crippen LogP contribution in [0.25, 0.3) is 0 Å². The summed E-state index contributed by atoms with van der Waals surface area (Å²) in [4.78, 5) is 27.0. The summed E-state index contributed by atoms with van der Waals surface area (Å²) in [6.45, 7) is 5.29. The van der Waals surface area contributed by atoms with E-state index in [0.717, 1.165) is 22.5 Å². The molecule has 0 aliphatic heterocycles. The summed E-state index contributed by atoms with van der Waals surface area (Å²) >= 11 is 0. The Morgan fingerprint density at radius 2 is 1.56 bits per heavy atom. The Kier molecular flexibility index (Phi) is 8.77. The first-order chi connectivity index (χ1) is 15.1. The molecule has 0 saturated carbocycles. The van der Waals surface area contributed by atoms with E-state index in [-0.39, 0.29) is 12.5 Å². The fourth-order valence-corrected chi connectivity index (χ4v) is 4.05. The fourth-order valence-electron chi connectivity index (χ4n) is 3.20. The van der Waals surface area contributed by atoms with Gasteiger partial charge in [0.05, 0.1) is 11.9 Å². The van der Waals surface area contributed by atoms with Crippen molar-refractivity contribution in [2.24, 2.45) is 0 Å². The molecule has 0 radical (unpaired) electrons. The predicted molar refractivity (Wildman–Crippen MR) is 123 cm³/mol. The van der Waals surface area contributed by atoms with Gasteiger partial charge in [0.25, 0.3) is 0 Å². The molecule has 0 fully saturated rings. The SMILES string of the molecule is CCNC(=O)C(C)N(Cc1ccc(F)cc1)C(=O)CN(c1ccc(CC)cc1)S(C)(=O)=O. The van der Waals surface area contributed by atoms with Crippen molar-refractivity contribution in [3.8, 4) is 0 Å². The van der Waals surface area contributed by atoms with E-state index in [1.54, 1.807) is 26.0 Å². The van der Waals surface area contributed by atoms with E-state index < -0.39 is 34.3 Å². The van der Waals surface area contributed by atoms with Gasteiger partial charge in [0, 0.05) is 13.1 Å². The van der Waals surface area contributed by atoms with Crippen LogP contribution in [0.1, 0.15) is 31.9 Å². The van der Waals surface area contributed by atoms with Crippen LogP contribution in [0.15, 0.2) is 48.5 Å². The minimum atomic E-state index is -3.77. The molecule has 7 nitrogen and oxygen atoms in total. The van der Waals surface area contributed by atoms with Gasteiger partial charge in [0.1, 0.15) is 18.4 Å². The molecule has 2 aromatic carbocycles. The molecule has 9 heteroatoms. The van der Waals surface area contributed by atoms with Gasteiger partial charge in [-0.2, -0.15) is 0 Å². The van der Waals surface area contributed by atoms with Gasteiger partial charge in [-0.15, -0.1) is 0 Å². The molecule has 32 heavy (non-hydrogen) atoms. The van der Waals surface area contributed by atoms with E-state index >= 15 is 0 Å². The molecular weight excluding hydrogens is 433 g/mol. The normalized spacial score (nSPS) is 12.2. The highest BCUT2D eigenvalue weighted by atomic mass is 32.2. The average molecular weight is 464 g/mol. The van der Waals surface area contributed by atoms with E-state index in [2.05, 4.69) is 5.32 Å². The van der Waals surface area contributed by atoms with Crippen LogP contribution in [-0.2, 0) is 32.6 Å². The van der Waals surface area contributed by atoms with Crippen molar-refractivity contribution >= 4 is 27.5 Å². The molecule has 0 bridgehead atoms. The quantitative estimate of drug-likeness (QED) is 0.587. The number of anilines is 1. The minimum absolute atomic E-state index is 0.0315. The summed E-state index contributed by atoms with van der Waals surface area (Å²) in [5.41, 5.74) is 2.02. The van der Waals surface area contributed by atoms with E-state index in [4.69, 9.17) is 0 Å². The molecule has 2 rings (SSSR count). The summed E-state index contributed by atoms with van der Waals surface area (Å²) in [5, 5.41) is 2.68. The Bertz CT molecular complexity index is 1020. The van der Waals surface area contributed by atoms with Gasteiger partial charge in [-0.3, -0.25) is 13.9 Å². The van der Waals surface area contributed by atoms with Gasteiger partial charge in [0.2, 0.25) is 21.8 Å². The largest absolute Gasteiger partial charge is 0.355 e. The topological polar surface area (TPSA) is 86.8 Å². The van der Waals surface area contributed by atoms with Crippen LogP contribution < -0.4 is 9.62 Å². The first kappa shape index (κ1) is 25.3. The number of amides is 2. The highest BCUT2D eigenvalue weighted by Gasteiger charge is 2.29. The lowest BCUT2D eigenvalue weighted by Crippen LogP contribution is -2.51. The van der Waals surface area contributed by atoms with Crippen molar-refractivity contribution in [3.05, 3.63) is 65.5 Å². The highest BCUT2D eigenvalue weighted by molar-refractivity contribution is 7.92. The average Bonchev–Trinajstić information content (AvgIpc) is 2.76. The third-order valence-corrected chi connectivity index (χ3v) is 6.24. The number of carbonyl (C=O) groups excluding carboxylic acids is 2. The van der Waals surface area contributed by atoms with Gasteiger partial charge < -0.3 is 10.2 Å². The zero-order valence-electron chi connectivity index (χ0n) is 18.8. The van der Waals surface area contributed by atoms with Crippen LogP contribution in [0.4, 0.5) is 10.1 Å². The summed E-state index contributed by atoms with van der Waals surface area (Å²) in [6.07, 6.45) is 1.83. The number of nitrogens with one attached hydrogen (secondary N) is 1. The molecule has 0 spiro atoms. The molecule has 1 atom stereocenters. The second kappa shape index (κ2) is 11.1. The van der Waals surface area contributed by atoms with Crippen molar-refractivity contribution in [1.29, 1.82) is 0 Å². The molecule has 1 unspecified atom stereocenters. The Hall–Kier alpha value is -2.94. The van der Waals surface area contributed by atoms with Crippen LogP contribution >= 0.6 is 0 Å². The number of hydrogen-bond acceptors (Lipinski definition) is 4. The molecule has 0 heterocycles. The van der Waals surface area contributed by atoms with Crippen LogP contribution in [0, 0.1) is 5.82 Å². The maximum absolute atomic E-state index is 13.3. The molecule has 2 aromatic rings. The van der Waals surface area contributed by atoms with Crippen molar-refractivity contribution < 1.29 is 22.4 Å². The zero-order chi connectivity index (χ0) is 23.9. The number of nitrogens with zero attached hydrogens (tertiary/aromatic N) is 2. The fraction of sp³-hybridized carbons (Fsp3) is 0.391. The lowest BCUT2D eigenvalue weighted by Gasteiger charge is -2.31. The van der Waals surface area contributed by atoms with Crippen molar-refractivity contribution in [2.75, 3.05) is 23.7 Å². The van der Waals surface area contributed by atoms with Gasteiger partial charge >= 0.3 is 0 Å². The number of carbonyl (C=O) groups is 2. The van der Waals surface area contributed by atoms with Gasteiger partial charge in [0.15, 0.2) is 0 Å². The highest BCUT2D eigenvalue weighted by Crippen LogP contribution is 2.20. The third kappa shape index (κ3) is 6.78. The summed E-state index contributed by atoms with van der Waals surface area (Å²) < 4.78 is 39.3. The van der Waals surface area contributed by atoms with Crippen LogP contribution in [0.2, 0.25) is 0 Å². The van der Waals surface area contributed by atoms with E-state index in [1.807, 2.05) is 19.1 Å². The number of sulfonamides is 1. The molecule has 0 saturated heterocycles. The number of rotatable bonds is 10. The van der Waals surface area contributed by atoms with Crippen LogP contribution in [0.5, 0.6) is 0 Å². The molecule has 0 aromatic heterocycles. The molecule has 0 aliphatic rings. The molecule has 1 N–H and O–H groups in total. The maximum atomic E-state index is 13.3. The summed E-state index contributed by atoms with van der Waals surface area (Å²) in [6, 6.07) is 11.7. The van der Waals surface area contributed by atoms with E-state index in [1.165, 1.54) is 29.2 Å². The number of hydrogen-bond donors (Lipinski definition) is 1. The second-order valence-electron chi connectivity index (χ2n) is 7.51. The van der Waals surface area contributed by atoms with Crippen molar-refractivity contribution in [3.63, 3.8) is 0 Å². The number of halogens is 1. The standard InChI is InChI=1S/C23H30FN3O4S/c1-5-18-9-13-21(14-10-18)27(32(4,30)31)16-22(28)26(17(3)23(29)25-6-2)15-19-7-11-20(24)12-8-19/h7-14,17H,5-6,15-16H2,1-4H3,(H,25,29). The Balaban J connectivity index is 2.35. The molecule has 2 amide bonds. The maximum Gasteiger partial charge on any atom is 0.244 e. The monoisotopic (exact) mass is 463 g/mol. The lowest BCUT2D eigenvalue weighted by molar-refractivity contribution is -0.139. The first-order valence-electron chi connectivity index (χ1n) is 10.4. The minimum Gasteiger partial charge on any atom is -0.355 e. The van der Waals surface area contributed by atoms with Crippen molar-refractivity contribution in [2.45, 2.75) is 39.8 Å². The van der Waals surface area contributed by atoms with E-state index in [0.29, 0.717) is 17.8 Å². The Labute approximate surface area is 189 Å². The molecular formula is C23H30FN3O4S. The zero-order valence-corrected chi connectivity index (χ0v) is 19.7. The first-order valence-corrected chi connectivity index (χ1v) is 12.3. The summed E-state index contributed by atoms with van der Waals surface area (Å²) in [5.74, 6) is -1.32.